The van der Waals surface area contributed by atoms with Gasteiger partial charge in [-0.1, -0.05) is 46.7 Å². The molecule has 10 nitrogen and oxygen atoms in total. The number of oxime groups is 2. The summed E-state index contributed by atoms with van der Waals surface area (Å²) in [6.07, 6.45) is 0. The summed E-state index contributed by atoms with van der Waals surface area (Å²) in [5.74, 6) is 0.391. The van der Waals surface area contributed by atoms with Gasteiger partial charge in [0.25, 0.3) is 11.8 Å². The standard InChI is InChI=1S/2C17H18N2O3/c2*1-11-5-4-6-12(2)15(11)18-17(20)16(19-21)13-7-9-14(22-3)10-8-13/h2*4-10,21H,1-3H3,(H,18,20)/b19-16+;19-16-. The van der Waals surface area contributed by atoms with Crippen LogP contribution in [0, 0.1) is 27.7 Å². The van der Waals surface area contributed by atoms with Gasteiger partial charge < -0.3 is 30.5 Å². The minimum absolute atomic E-state index is 0.0506. The van der Waals surface area contributed by atoms with Crippen LogP contribution >= 0.6 is 0 Å². The highest BCUT2D eigenvalue weighted by Crippen LogP contribution is 2.22. The molecule has 0 aliphatic heterocycles. The van der Waals surface area contributed by atoms with Crippen molar-refractivity contribution in [1.82, 2.24) is 0 Å². The number of para-hydroxylation sites is 2. The second-order valence-corrected chi connectivity index (χ2v) is 9.80. The third-order valence-corrected chi connectivity index (χ3v) is 6.80. The number of rotatable bonds is 8. The van der Waals surface area contributed by atoms with Crippen LogP contribution in [0.3, 0.4) is 0 Å². The Morgan fingerprint density at radius 1 is 0.545 bits per heavy atom. The van der Waals surface area contributed by atoms with Crippen LogP contribution in [0.5, 0.6) is 11.5 Å². The maximum Gasteiger partial charge on any atom is 0.278 e. The number of aryl methyl sites for hydroxylation is 4. The van der Waals surface area contributed by atoms with E-state index in [4.69, 9.17) is 9.47 Å². The lowest BCUT2D eigenvalue weighted by molar-refractivity contribution is -0.111. The molecule has 4 rings (SSSR count). The lowest BCUT2D eigenvalue weighted by Crippen LogP contribution is -2.24. The highest BCUT2D eigenvalue weighted by molar-refractivity contribution is 6.49. The van der Waals surface area contributed by atoms with E-state index < -0.39 is 11.8 Å². The molecule has 0 radical (unpaired) electrons. The summed E-state index contributed by atoms with van der Waals surface area (Å²) in [6, 6.07) is 24.9. The van der Waals surface area contributed by atoms with Crippen molar-refractivity contribution >= 4 is 34.6 Å². The van der Waals surface area contributed by atoms with E-state index >= 15 is 0 Å². The number of amides is 2. The normalized spacial score (nSPS) is 11.1. The molecule has 44 heavy (non-hydrogen) atoms. The van der Waals surface area contributed by atoms with Gasteiger partial charge in [0.15, 0.2) is 11.4 Å². The number of carbonyl (C=O) groups excluding carboxylic acids is 2. The summed E-state index contributed by atoms with van der Waals surface area (Å²) < 4.78 is 10.1. The summed E-state index contributed by atoms with van der Waals surface area (Å²) in [5, 5.41) is 30.2. The second kappa shape index (κ2) is 15.5. The molecule has 0 fully saturated rings. The zero-order chi connectivity index (χ0) is 32.2. The van der Waals surface area contributed by atoms with Crippen molar-refractivity contribution in [2.24, 2.45) is 10.3 Å². The second-order valence-electron chi connectivity index (χ2n) is 9.80. The Morgan fingerprint density at radius 3 is 1.09 bits per heavy atom. The van der Waals surface area contributed by atoms with Crippen molar-refractivity contribution in [2.45, 2.75) is 27.7 Å². The van der Waals surface area contributed by atoms with E-state index in [2.05, 4.69) is 20.9 Å². The molecule has 0 aromatic heterocycles. The van der Waals surface area contributed by atoms with E-state index in [0.717, 1.165) is 33.6 Å². The number of hydrogen-bond acceptors (Lipinski definition) is 8. The van der Waals surface area contributed by atoms with Gasteiger partial charge in [-0.2, -0.15) is 0 Å². The molecule has 0 spiro atoms. The first kappa shape index (κ1) is 32.9. The first-order chi connectivity index (χ1) is 21.1. The lowest BCUT2D eigenvalue weighted by Gasteiger charge is -2.12. The molecule has 2 amide bonds. The van der Waals surface area contributed by atoms with Gasteiger partial charge in [-0.3, -0.25) is 9.59 Å². The number of nitrogens with zero attached hydrogens (tertiary/aromatic N) is 2. The molecule has 0 saturated carbocycles. The van der Waals surface area contributed by atoms with E-state index in [1.807, 2.05) is 64.1 Å². The Labute approximate surface area is 256 Å². The van der Waals surface area contributed by atoms with Crippen LogP contribution < -0.4 is 20.1 Å². The van der Waals surface area contributed by atoms with E-state index in [1.54, 1.807) is 62.8 Å². The van der Waals surface area contributed by atoms with Crippen LogP contribution in [0.1, 0.15) is 33.4 Å². The smallest absolute Gasteiger partial charge is 0.278 e. The monoisotopic (exact) mass is 596 g/mol. The molecule has 10 heteroatoms. The Bertz CT molecular complexity index is 1500. The van der Waals surface area contributed by atoms with Gasteiger partial charge in [-0.15, -0.1) is 0 Å². The molecular weight excluding hydrogens is 560 g/mol. The fraction of sp³-hybridized carbons (Fsp3) is 0.176. The quantitative estimate of drug-likeness (QED) is 0.108. The Kier molecular flexibility index (Phi) is 11.6. The topological polar surface area (TPSA) is 142 Å². The third kappa shape index (κ3) is 8.22. The lowest BCUT2D eigenvalue weighted by atomic mass is 10.1. The van der Waals surface area contributed by atoms with Crippen LogP contribution in [0.2, 0.25) is 0 Å². The van der Waals surface area contributed by atoms with Crippen molar-refractivity contribution in [1.29, 1.82) is 0 Å². The van der Waals surface area contributed by atoms with Gasteiger partial charge in [0, 0.05) is 22.5 Å². The molecular formula is C34H36N4O6. The van der Waals surface area contributed by atoms with Gasteiger partial charge in [-0.25, -0.2) is 0 Å². The summed E-state index contributed by atoms with van der Waals surface area (Å²) in [5.41, 5.74) is 6.14. The molecule has 4 aromatic rings. The zero-order valence-electron chi connectivity index (χ0n) is 25.5. The van der Waals surface area contributed by atoms with Gasteiger partial charge in [-0.05, 0) is 98.5 Å². The van der Waals surface area contributed by atoms with Gasteiger partial charge in [0.05, 0.1) is 14.2 Å². The summed E-state index contributed by atoms with van der Waals surface area (Å²) in [4.78, 5) is 24.7. The predicted octanol–water partition coefficient (Wildman–Crippen LogP) is 6.26. The summed E-state index contributed by atoms with van der Waals surface area (Å²) in [7, 11) is 3.12. The van der Waals surface area contributed by atoms with Crippen molar-refractivity contribution in [3.05, 3.63) is 118 Å². The van der Waals surface area contributed by atoms with Gasteiger partial charge in [0.2, 0.25) is 0 Å². The van der Waals surface area contributed by atoms with Crippen LogP contribution in [-0.2, 0) is 9.59 Å². The van der Waals surface area contributed by atoms with Crippen molar-refractivity contribution in [2.75, 3.05) is 24.9 Å². The number of hydrogen-bond donors (Lipinski definition) is 4. The maximum absolute atomic E-state index is 12.4. The average Bonchev–Trinajstić information content (AvgIpc) is 3.02. The molecule has 4 aromatic carbocycles. The number of carbonyl (C=O) groups is 2. The molecule has 0 atom stereocenters. The van der Waals surface area contributed by atoms with Crippen LogP contribution in [0.25, 0.3) is 0 Å². The zero-order valence-corrected chi connectivity index (χ0v) is 25.5. The van der Waals surface area contributed by atoms with Crippen molar-refractivity contribution < 1.29 is 29.5 Å². The minimum Gasteiger partial charge on any atom is -0.497 e. The number of anilines is 2. The molecule has 0 bridgehead atoms. The highest BCUT2D eigenvalue weighted by Gasteiger charge is 2.18. The Morgan fingerprint density at radius 2 is 0.841 bits per heavy atom. The average molecular weight is 597 g/mol. The largest absolute Gasteiger partial charge is 0.497 e. The highest BCUT2D eigenvalue weighted by atomic mass is 16.5. The van der Waals surface area contributed by atoms with Crippen LogP contribution in [-0.4, -0.2) is 47.9 Å². The number of benzene rings is 4. The molecule has 228 valence electrons. The predicted molar refractivity (Wildman–Crippen MR) is 172 cm³/mol. The first-order valence-electron chi connectivity index (χ1n) is 13.6. The fourth-order valence-electron chi connectivity index (χ4n) is 4.33. The molecule has 4 N–H and O–H groups in total. The fourth-order valence-corrected chi connectivity index (χ4v) is 4.33. The van der Waals surface area contributed by atoms with Crippen LogP contribution in [0.15, 0.2) is 95.2 Å². The van der Waals surface area contributed by atoms with Gasteiger partial charge >= 0.3 is 0 Å². The minimum atomic E-state index is -0.468. The SMILES string of the molecule is COc1ccc(/C(=N/O)C(=O)Nc2c(C)cccc2C)cc1.COc1ccc(/C(=N\O)C(=O)Nc2c(C)cccc2C)cc1. The summed E-state index contributed by atoms with van der Waals surface area (Å²) >= 11 is 0. The molecule has 0 saturated heterocycles. The molecule has 0 aliphatic rings. The summed E-state index contributed by atoms with van der Waals surface area (Å²) in [6.45, 7) is 7.63. The Hall–Kier alpha value is -5.64. The van der Waals surface area contributed by atoms with Crippen molar-refractivity contribution in [3.8, 4) is 11.5 Å². The van der Waals surface area contributed by atoms with E-state index in [0.29, 0.717) is 22.6 Å². The van der Waals surface area contributed by atoms with E-state index in [1.165, 1.54) is 0 Å². The van der Waals surface area contributed by atoms with E-state index in [9.17, 15) is 20.0 Å². The van der Waals surface area contributed by atoms with Gasteiger partial charge in [0.1, 0.15) is 11.5 Å². The number of nitrogens with one attached hydrogen (secondary N) is 2. The number of ether oxygens (including phenoxy) is 2. The third-order valence-electron chi connectivity index (χ3n) is 6.80. The van der Waals surface area contributed by atoms with Crippen LogP contribution in [0.4, 0.5) is 11.4 Å². The maximum atomic E-state index is 12.4. The first-order valence-corrected chi connectivity index (χ1v) is 13.6. The molecule has 0 aliphatic carbocycles. The van der Waals surface area contributed by atoms with E-state index in [-0.39, 0.29) is 11.4 Å². The van der Waals surface area contributed by atoms with Crippen molar-refractivity contribution in [3.63, 3.8) is 0 Å². The molecule has 0 unspecified atom stereocenters. The number of methoxy groups -OCH3 is 2. The molecule has 0 heterocycles. The Balaban J connectivity index is 0.000000240.